The Morgan fingerprint density at radius 3 is 2.47 bits per heavy atom. The van der Waals surface area contributed by atoms with Crippen molar-refractivity contribution in [1.82, 2.24) is 4.98 Å². The number of ether oxygens (including phenoxy) is 2. The first-order valence-electron chi connectivity index (χ1n) is 4.24. The molecule has 0 unspecified atom stereocenters. The minimum absolute atomic E-state index is 0.0238. The normalized spacial score (nSPS) is 10.5. The van der Waals surface area contributed by atoms with Crippen LogP contribution in [0.5, 0.6) is 11.6 Å². The first-order valence-corrected chi connectivity index (χ1v) is 4.24. The van der Waals surface area contributed by atoms with Gasteiger partial charge in [0.15, 0.2) is 5.75 Å². The van der Waals surface area contributed by atoms with E-state index in [0.717, 1.165) is 0 Å². The van der Waals surface area contributed by atoms with Crippen LogP contribution in [0, 0.1) is 0 Å². The average Bonchev–Trinajstić information content (AvgIpc) is 2.26. The molecule has 0 radical (unpaired) electrons. The molecule has 0 bridgehead atoms. The molecule has 1 heterocycles. The average molecular weight is 218 g/mol. The van der Waals surface area contributed by atoms with Gasteiger partial charge in [0.05, 0.1) is 25.5 Å². The molecule has 0 amide bonds. The highest BCUT2D eigenvalue weighted by atomic mass is 19.3. The number of alkyl halides is 2. The van der Waals surface area contributed by atoms with Crippen molar-refractivity contribution in [3.8, 4) is 11.6 Å². The van der Waals surface area contributed by atoms with Crippen molar-refractivity contribution in [2.75, 3.05) is 14.2 Å². The number of methoxy groups -OCH3 is 2. The second-order valence-corrected chi connectivity index (χ2v) is 2.75. The van der Waals surface area contributed by atoms with Gasteiger partial charge in [0, 0.05) is 6.54 Å². The van der Waals surface area contributed by atoms with E-state index in [1.807, 2.05) is 0 Å². The smallest absolute Gasteiger partial charge is 0.267 e. The van der Waals surface area contributed by atoms with Gasteiger partial charge in [-0.25, -0.2) is 13.8 Å². The zero-order valence-corrected chi connectivity index (χ0v) is 8.46. The Labute approximate surface area is 86.0 Å². The summed E-state index contributed by atoms with van der Waals surface area (Å²) in [7, 11) is 2.62. The van der Waals surface area contributed by atoms with E-state index in [4.69, 9.17) is 15.2 Å². The lowest BCUT2D eigenvalue weighted by molar-refractivity contribution is 0.145. The summed E-state index contributed by atoms with van der Waals surface area (Å²) in [4.78, 5) is 3.92. The molecule has 0 aliphatic carbocycles. The van der Waals surface area contributed by atoms with E-state index >= 15 is 0 Å². The first-order chi connectivity index (χ1) is 7.13. The fourth-order valence-corrected chi connectivity index (χ4v) is 1.19. The molecular formula is C9H12F2N2O2. The van der Waals surface area contributed by atoms with Gasteiger partial charge in [-0.15, -0.1) is 0 Å². The van der Waals surface area contributed by atoms with Crippen LogP contribution in [0.2, 0.25) is 0 Å². The third-order valence-electron chi connectivity index (χ3n) is 1.87. The first kappa shape index (κ1) is 11.6. The second kappa shape index (κ2) is 4.88. The highest BCUT2D eigenvalue weighted by molar-refractivity contribution is 5.44. The maximum absolute atomic E-state index is 12.6. The summed E-state index contributed by atoms with van der Waals surface area (Å²) >= 11 is 0. The molecule has 0 fully saturated rings. The summed E-state index contributed by atoms with van der Waals surface area (Å²) in [6, 6.07) is 1.21. The van der Waals surface area contributed by atoms with Crippen LogP contribution in [0.4, 0.5) is 8.78 Å². The largest absolute Gasteiger partial charge is 0.491 e. The lowest BCUT2D eigenvalue weighted by Gasteiger charge is -2.12. The zero-order chi connectivity index (χ0) is 11.4. The second-order valence-electron chi connectivity index (χ2n) is 2.75. The van der Waals surface area contributed by atoms with E-state index in [1.165, 1.54) is 20.3 Å². The van der Waals surface area contributed by atoms with Gasteiger partial charge in [0.1, 0.15) is 0 Å². The molecular weight excluding hydrogens is 206 g/mol. The Hall–Kier alpha value is -1.43. The fourth-order valence-electron chi connectivity index (χ4n) is 1.19. The van der Waals surface area contributed by atoms with E-state index < -0.39 is 6.43 Å². The number of rotatable bonds is 4. The van der Waals surface area contributed by atoms with Crippen LogP contribution in [0.1, 0.15) is 17.7 Å². The van der Waals surface area contributed by atoms with Crippen molar-refractivity contribution in [2.45, 2.75) is 13.0 Å². The predicted molar refractivity (Wildman–Crippen MR) is 50.2 cm³/mol. The number of pyridine rings is 1. The minimum Gasteiger partial charge on any atom is -0.491 e. The van der Waals surface area contributed by atoms with Gasteiger partial charge >= 0.3 is 0 Å². The molecule has 84 valence electrons. The Balaban J connectivity index is 3.32. The summed E-state index contributed by atoms with van der Waals surface area (Å²) in [5.74, 6) is -0.0274. The SMILES string of the molecule is COc1nc(CN)cc(C(F)F)c1OC. The summed E-state index contributed by atoms with van der Waals surface area (Å²) < 4.78 is 35.0. The third-order valence-corrected chi connectivity index (χ3v) is 1.87. The van der Waals surface area contributed by atoms with E-state index in [2.05, 4.69) is 4.98 Å². The molecule has 4 nitrogen and oxygen atoms in total. The molecule has 1 aromatic heterocycles. The number of hydrogen-bond donors (Lipinski definition) is 1. The van der Waals surface area contributed by atoms with Crippen molar-refractivity contribution < 1.29 is 18.3 Å². The van der Waals surface area contributed by atoms with Gasteiger partial charge in [-0.2, -0.15) is 0 Å². The molecule has 15 heavy (non-hydrogen) atoms. The Bertz CT molecular complexity index is 345. The quantitative estimate of drug-likeness (QED) is 0.831. The summed E-state index contributed by atoms with van der Waals surface area (Å²) in [5.41, 5.74) is 5.41. The maximum atomic E-state index is 12.6. The maximum Gasteiger partial charge on any atom is 0.267 e. The predicted octanol–water partition coefficient (Wildman–Crippen LogP) is 1.50. The van der Waals surface area contributed by atoms with Gasteiger partial charge in [-0.3, -0.25) is 0 Å². The topological polar surface area (TPSA) is 57.4 Å². The van der Waals surface area contributed by atoms with Gasteiger partial charge in [-0.05, 0) is 6.07 Å². The number of nitrogens with zero attached hydrogens (tertiary/aromatic N) is 1. The summed E-state index contributed by atoms with van der Waals surface area (Å²) in [6.45, 7) is 0.0695. The lowest BCUT2D eigenvalue weighted by Crippen LogP contribution is -2.05. The number of halogens is 2. The molecule has 0 aliphatic heterocycles. The van der Waals surface area contributed by atoms with Crippen LogP contribution in [-0.2, 0) is 6.54 Å². The molecule has 2 N–H and O–H groups in total. The highest BCUT2D eigenvalue weighted by Gasteiger charge is 2.20. The third kappa shape index (κ3) is 2.33. The van der Waals surface area contributed by atoms with Crippen LogP contribution >= 0.6 is 0 Å². The van der Waals surface area contributed by atoms with Crippen LogP contribution in [0.3, 0.4) is 0 Å². The molecule has 6 heteroatoms. The van der Waals surface area contributed by atoms with Crippen LogP contribution in [-0.4, -0.2) is 19.2 Å². The van der Waals surface area contributed by atoms with Crippen LogP contribution < -0.4 is 15.2 Å². The standard InChI is InChI=1S/C9H12F2N2O2/c1-14-7-6(8(10)11)3-5(4-12)13-9(7)15-2/h3,8H,4,12H2,1-2H3. The number of nitrogens with two attached hydrogens (primary N) is 1. The molecule has 0 saturated carbocycles. The van der Waals surface area contributed by atoms with Crippen LogP contribution in [0.15, 0.2) is 6.07 Å². The van der Waals surface area contributed by atoms with Crippen LogP contribution in [0.25, 0.3) is 0 Å². The van der Waals surface area contributed by atoms with Gasteiger partial charge in [0.25, 0.3) is 12.3 Å². The minimum atomic E-state index is -2.65. The van der Waals surface area contributed by atoms with Crippen molar-refractivity contribution in [3.05, 3.63) is 17.3 Å². The van der Waals surface area contributed by atoms with Crippen molar-refractivity contribution in [2.24, 2.45) is 5.73 Å². The van der Waals surface area contributed by atoms with Gasteiger partial charge in [-0.1, -0.05) is 0 Å². The number of aromatic nitrogens is 1. The van der Waals surface area contributed by atoms with E-state index in [-0.39, 0.29) is 23.7 Å². The molecule has 1 aromatic rings. The molecule has 0 atom stereocenters. The highest BCUT2D eigenvalue weighted by Crippen LogP contribution is 2.35. The molecule has 0 aliphatic rings. The van der Waals surface area contributed by atoms with E-state index in [0.29, 0.717) is 5.69 Å². The molecule has 1 rings (SSSR count). The number of hydrogen-bond acceptors (Lipinski definition) is 4. The lowest BCUT2D eigenvalue weighted by atomic mass is 10.2. The molecule has 0 spiro atoms. The Morgan fingerprint density at radius 2 is 2.07 bits per heavy atom. The van der Waals surface area contributed by atoms with E-state index in [9.17, 15) is 8.78 Å². The van der Waals surface area contributed by atoms with Crippen molar-refractivity contribution >= 4 is 0 Å². The zero-order valence-electron chi connectivity index (χ0n) is 8.46. The molecule has 0 aromatic carbocycles. The summed E-state index contributed by atoms with van der Waals surface area (Å²) in [6.07, 6.45) is -2.65. The summed E-state index contributed by atoms with van der Waals surface area (Å²) in [5, 5.41) is 0. The van der Waals surface area contributed by atoms with Crippen molar-refractivity contribution in [3.63, 3.8) is 0 Å². The monoisotopic (exact) mass is 218 g/mol. The Morgan fingerprint density at radius 1 is 1.40 bits per heavy atom. The van der Waals surface area contributed by atoms with E-state index in [1.54, 1.807) is 0 Å². The van der Waals surface area contributed by atoms with Gasteiger partial charge < -0.3 is 15.2 Å². The van der Waals surface area contributed by atoms with Gasteiger partial charge in [0.2, 0.25) is 0 Å². The Kier molecular flexibility index (Phi) is 3.79. The molecule has 0 saturated heterocycles. The fraction of sp³-hybridized carbons (Fsp3) is 0.444. The van der Waals surface area contributed by atoms with Crippen molar-refractivity contribution in [1.29, 1.82) is 0 Å².